The van der Waals surface area contributed by atoms with E-state index in [4.69, 9.17) is 22.1 Å². The summed E-state index contributed by atoms with van der Waals surface area (Å²) < 4.78 is 5.38. The summed E-state index contributed by atoms with van der Waals surface area (Å²) in [6.45, 7) is 3.93. The van der Waals surface area contributed by atoms with E-state index in [2.05, 4.69) is 11.8 Å². The first-order valence-corrected chi connectivity index (χ1v) is 6.27. The van der Waals surface area contributed by atoms with Gasteiger partial charge in [0.1, 0.15) is 5.75 Å². The molecule has 1 saturated heterocycles. The molecule has 0 spiro atoms. The van der Waals surface area contributed by atoms with E-state index in [-0.39, 0.29) is 5.54 Å². The lowest BCUT2D eigenvalue weighted by atomic mass is 9.92. The Labute approximate surface area is 107 Å². The van der Waals surface area contributed by atoms with Gasteiger partial charge in [0.2, 0.25) is 0 Å². The van der Waals surface area contributed by atoms with Crippen LogP contribution >= 0.6 is 11.6 Å². The van der Waals surface area contributed by atoms with Crippen LogP contribution in [-0.2, 0) is 0 Å². The van der Waals surface area contributed by atoms with E-state index in [1.54, 1.807) is 7.11 Å². The number of nitrogens with two attached hydrogens (primary N) is 1. The van der Waals surface area contributed by atoms with E-state index in [0.29, 0.717) is 0 Å². The highest BCUT2D eigenvalue weighted by atomic mass is 35.5. The Hall–Kier alpha value is -0.930. The van der Waals surface area contributed by atoms with Gasteiger partial charge in [-0.1, -0.05) is 11.6 Å². The topological polar surface area (TPSA) is 38.5 Å². The van der Waals surface area contributed by atoms with Crippen LogP contribution in [0.3, 0.4) is 0 Å². The van der Waals surface area contributed by atoms with Crippen molar-refractivity contribution in [3.05, 3.63) is 23.2 Å². The van der Waals surface area contributed by atoms with Crippen molar-refractivity contribution in [2.75, 3.05) is 25.1 Å². The van der Waals surface area contributed by atoms with Gasteiger partial charge in [0.25, 0.3) is 0 Å². The molecule has 2 N–H and O–H groups in total. The van der Waals surface area contributed by atoms with Crippen LogP contribution in [0.25, 0.3) is 0 Å². The molecule has 0 radical (unpaired) electrons. The molecule has 17 heavy (non-hydrogen) atoms. The summed E-state index contributed by atoms with van der Waals surface area (Å²) in [5.74, 6) is 0.854. The van der Waals surface area contributed by atoms with Crippen molar-refractivity contribution in [2.24, 2.45) is 5.73 Å². The summed E-state index contributed by atoms with van der Waals surface area (Å²) in [4.78, 5) is 2.26. The van der Waals surface area contributed by atoms with Crippen LogP contribution in [-0.4, -0.2) is 25.7 Å². The van der Waals surface area contributed by atoms with Crippen molar-refractivity contribution in [1.29, 1.82) is 0 Å². The lowest BCUT2D eigenvalue weighted by Gasteiger charge is -2.39. The van der Waals surface area contributed by atoms with Crippen LogP contribution < -0.4 is 15.4 Å². The standard InChI is InChI=1S/C13H19ClN2O/c1-13(15)6-3-7-16(9-13)11-8-10(14)4-5-12(11)17-2/h4-5,8H,3,6-7,9,15H2,1-2H3. The number of nitrogens with zero attached hydrogens (tertiary/aromatic N) is 1. The fourth-order valence-electron chi connectivity index (χ4n) is 2.38. The third kappa shape index (κ3) is 2.85. The molecule has 1 aromatic carbocycles. The first-order valence-electron chi connectivity index (χ1n) is 5.89. The predicted octanol–water partition coefficient (Wildman–Crippen LogP) is 2.67. The normalized spacial score (nSPS) is 24.8. The van der Waals surface area contributed by atoms with Gasteiger partial charge in [-0.05, 0) is 38.0 Å². The van der Waals surface area contributed by atoms with Gasteiger partial charge >= 0.3 is 0 Å². The summed E-state index contributed by atoms with van der Waals surface area (Å²) in [6, 6.07) is 5.69. The average Bonchev–Trinajstić information content (AvgIpc) is 2.27. The molecule has 0 aromatic heterocycles. The van der Waals surface area contributed by atoms with E-state index in [1.807, 2.05) is 18.2 Å². The fourth-order valence-corrected chi connectivity index (χ4v) is 2.55. The smallest absolute Gasteiger partial charge is 0.142 e. The van der Waals surface area contributed by atoms with Gasteiger partial charge in [-0.15, -0.1) is 0 Å². The largest absolute Gasteiger partial charge is 0.495 e. The predicted molar refractivity (Wildman–Crippen MR) is 72.0 cm³/mol. The number of hydrogen-bond donors (Lipinski definition) is 1. The first-order chi connectivity index (χ1) is 8.02. The molecule has 1 aromatic rings. The van der Waals surface area contributed by atoms with Crippen molar-refractivity contribution in [3.8, 4) is 5.75 Å². The molecule has 0 bridgehead atoms. The number of piperidine rings is 1. The number of hydrogen-bond acceptors (Lipinski definition) is 3. The van der Waals surface area contributed by atoms with Crippen molar-refractivity contribution in [1.82, 2.24) is 0 Å². The summed E-state index contributed by atoms with van der Waals surface area (Å²) in [6.07, 6.45) is 2.16. The lowest BCUT2D eigenvalue weighted by Crippen LogP contribution is -2.52. The van der Waals surface area contributed by atoms with E-state index < -0.39 is 0 Å². The summed E-state index contributed by atoms with van der Waals surface area (Å²) in [5, 5.41) is 0.727. The highest BCUT2D eigenvalue weighted by Crippen LogP contribution is 2.34. The van der Waals surface area contributed by atoms with E-state index in [0.717, 1.165) is 42.4 Å². The van der Waals surface area contributed by atoms with Crippen LogP contribution in [0.1, 0.15) is 19.8 Å². The van der Waals surface area contributed by atoms with Gasteiger partial charge in [0.15, 0.2) is 0 Å². The molecule has 4 heteroatoms. The minimum atomic E-state index is -0.133. The second-order valence-electron chi connectivity index (χ2n) is 5.00. The second-order valence-corrected chi connectivity index (χ2v) is 5.43. The van der Waals surface area contributed by atoms with Crippen molar-refractivity contribution in [3.63, 3.8) is 0 Å². The van der Waals surface area contributed by atoms with Crippen LogP contribution in [0.5, 0.6) is 5.75 Å². The molecule has 1 atom stereocenters. The minimum Gasteiger partial charge on any atom is -0.495 e. The van der Waals surface area contributed by atoms with Crippen LogP contribution in [0.15, 0.2) is 18.2 Å². The molecule has 0 aliphatic carbocycles. The van der Waals surface area contributed by atoms with Gasteiger partial charge in [-0.25, -0.2) is 0 Å². The molecule has 1 aliphatic heterocycles. The maximum absolute atomic E-state index is 6.22. The number of ether oxygens (including phenoxy) is 1. The molecule has 1 unspecified atom stereocenters. The molecular formula is C13H19ClN2O. The highest BCUT2D eigenvalue weighted by molar-refractivity contribution is 6.30. The maximum atomic E-state index is 6.22. The van der Waals surface area contributed by atoms with E-state index in [9.17, 15) is 0 Å². The maximum Gasteiger partial charge on any atom is 0.142 e. The summed E-state index contributed by atoms with van der Waals surface area (Å²) in [5.41, 5.74) is 7.12. The van der Waals surface area contributed by atoms with Gasteiger partial charge in [-0.2, -0.15) is 0 Å². The Morgan fingerprint density at radius 1 is 1.47 bits per heavy atom. The zero-order valence-electron chi connectivity index (χ0n) is 10.4. The molecule has 0 amide bonds. The fraction of sp³-hybridized carbons (Fsp3) is 0.538. The average molecular weight is 255 g/mol. The number of halogens is 1. The Morgan fingerprint density at radius 2 is 2.24 bits per heavy atom. The van der Waals surface area contributed by atoms with E-state index in [1.165, 1.54) is 0 Å². The van der Waals surface area contributed by atoms with Crippen molar-refractivity contribution in [2.45, 2.75) is 25.3 Å². The van der Waals surface area contributed by atoms with Crippen molar-refractivity contribution < 1.29 is 4.74 Å². The van der Waals surface area contributed by atoms with Gasteiger partial charge in [0, 0.05) is 23.7 Å². The highest BCUT2D eigenvalue weighted by Gasteiger charge is 2.28. The van der Waals surface area contributed by atoms with Gasteiger partial charge in [-0.3, -0.25) is 0 Å². The molecule has 1 aliphatic rings. The quantitative estimate of drug-likeness (QED) is 0.882. The molecule has 1 fully saturated rings. The Kier molecular flexibility index (Phi) is 3.50. The number of methoxy groups -OCH3 is 1. The van der Waals surface area contributed by atoms with Crippen LogP contribution in [0.2, 0.25) is 5.02 Å². The van der Waals surface area contributed by atoms with Crippen molar-refractivity contribution >= 4 is 17.3 Å². The third-order valence-electron chi connectivity index (χ3n) is 3.21. The number of anilines is 1. The second kappa shape index (κ2) is 4.75. The zero-order chi connectivity index (χ0) is 12.5. The Balaban J connectivity index is 2.29. The van der Waals surface area contributed by atoms with Gasteiger partial charge in [0.05, 0.1) is 12.8 Å². The SMILES string of the molecule is COc1ccc(Cl)cc1N1CCCC(C)(N)C1. The Bertz CT molecular complexity index is 406. The zero-order valence-corrected chi connectivity index (χ0v) is 11.1. The lowest BCUT2D eigenvalue weighted by molar-refractivity contribution is 0.368. The first kappa shape index (κ1) is 12.5. The Morgan fingerprint density at radius 3 is 2.88 bits per heavy atom. The number of benzene rings is 1. The monoisotopic (exact) mass is 254 g/mol. The van der Waals surface area contributed by atoms with Crippen LogP contribution in [0, 0.1) is 0 Å². The molecule has 94 valence electrons. The molecule has 0 saturated carbocycles. The molecular weight excluding hydrogens is 236 g/mol. The molecule has 3 nitrogen and oxygen atoms in total. The number of rotatable bonds is 2. The van der Waals surface area contributed by atoms with Crippen LogP contribution in [0.4, 0.5) is 5.69 Å². The van der Waals surface area contributed by atoms with Gasteiger partial charge < -0.3 is 15.4 Å². The molecule has 2 rings (SSSR count). The third-order valence-corrected chi connectivity index (χ3v) is 3.44. The summed E-state index contributed by atoms with van der Waals surface area (Å²) >= 11 is 6.05. The summed E-state index contributed by atoms with van der Waals surface area (Å²) in [7, 11) is 1.68. The minimum absolute atomic E-state index is 0.133. The molecule has 1 heterocycles. The van der Waals surface area contributed by atoms with E-state index >= 15 is 0 Å².